The zero-order valence-electron chi connectivity index (χ0n) is 11.4. The Morgan fingerprint density at radius 1 is 1.25 bits per heavy atom. The summed E-state index contributed by atoms with van der Waals surface area (Å²) in [4.78, 5) is 12.9. The molecule has 2 aromatic rings. The minimum Gasteiger partial charge on any atom is -0.399 e. The highest BCUT2D eigenvalue weighted by atomic mass is 16.1. The van der Waals surface area contributed by atoms with Crippen LogP contribution in [0.25, 0.3) is 0 Å². The Morgan fingerprint density at radius 3 is 2.55 bits per heavy atom. The Balaban J connectivity index is 2.22. The third-order valence-corrected chi connectivity index (χ3v) is 3.24. The molecule has 4 N–H and O–H groups in total. The lowest BCUT2D eigenvalue weighted by Crippen LogP contribution is -2.23. The molecule has 104 valence electrons. The average molecular weight is 271 g/mol. The van der Waals surface area contributed by atoms with E-state index in [-0.39, 0.29) is 11.7 Å². The molecule has 0 saturated heterocycles. The second-order valence-electron chi connectivity index (χ2n) is 4.60. The summed E-state index contributed by atoms with van der Waals surface area (Å²) >= 11 is 0. The first kappa shape index (κ1) is 13.8. The van der Waals surface area contributed by atoms with Crippen LogP contribution in [0.2, 0.25) is 0 Å². The number of anilines is 2. The van der Waals surface area contributed by atoms with Crippen molar-refractivity contribution < 1.29 is 4.79 Å². The SMILES string of the molecule is CC(c1cccc(N)c1)N(C)c1ccc(C(N)=O)nn1. The second-order valence-corrected chi connectivity index (χ2v) is 4.60. The van der Waals surface area contributed by atoms with E-state index >= 15 is 0 Å². The van der Waals surface area contributed by atoms with Gasteiger partial charge in [-0.3, -0.25) is 4.79 Å². The molecule has 6 nitrogen and oxygen atoms in total. The van der Waals surface area contributed by atoms with Gasteiger partial charge in [-0.05, 0) is 36.8 Å². The van der Waals surface area contributed by atoms with Crippen LogP contribution in [-0.2, 0) is 0 Å². The standard InChI is InChI=1S/C14H17N5O/c1-9(10-4-3-5-11(15)8-10)19(2)13-7-6-12(14(16)20)17-18-13/h3-9H,15H2,1-2H3,(H2,16,20). The number of carbonyl (C=O) groups is 1. The molecule has 6 heteroatoms. The molecule has 0 aliphatic heterocycles. The Hall–Kier alpha value is -2.63. The highest BCUT2D eigenvalue weighted by Gasteiger charge is 2.14. The zero-order valence-corrected chi connectivity index (χ0v) is 11.4. The van der Waals surface area contributed by atoms with Gasteiger partial charge in [0.15, 0.2) is 11.5 Å². The van der Waals surface area contributed by atoms with E-state index in [1.54, 1.807) is 12.1 Å². The second kappa shape index (κ2) is 5.56. The summed E-state index contributed by atoms with van der Waals surface area (Å²) in [5, 5.41) is 7.81. The molecular weight excluding hydrogens is 254 g/mol. The molecule has 2 rings (SSSR count). The van der Waals surface area contributed by atoms with Crippen LogP contribution in [0.15, 0.2) is 36.4 Å². The van der Waals surface area contributed by atoms with Gasteiger partial charge in [-0.2, -0.15) is 0 Å². The van der Waals surface area contributed by atoms with Crippen LogP contribution in [0.3, 0.4) is 0 Å². The van der Waals surface area contributed by atoms with E-state index in [4.69, 9.17) is 11.5 Å². The number of hydrogen-bond acceptors (Lipinski definition) is 5. The first-order valence-corrected chi connectivity index (χ1v) is 6.21. The number of hydrogen-bond donors (Lipinski definition) is 2. The Kier molecular flexibility index (Phi) is 3.84. The van der Waals surface area contributed by atoms with Crippen LogP contribution in [0.1, 0.15) is 29.0 Å². The van der Waals surface area contributed by atoms with Crippen molar-refractivity contribution in [1.82, 2.24) is 10.2 Å². The molecule has 0 fully saturated rings. The van der Waals surface area contributed by atoms with Gasteiger partial charge in [-0.25, -0.2) is 0 Å². The van der Waals surface area contributed by atoms with Gasteiger partial charge in [-0.1, -0.05) is 12.1 Å². The lowest BCUT2D eigenvalue weighted by Gasteiger charge is -2.26. The normalized spacial score (nSPS) is 11.9. The fourth-order valence-corrected chi connectivity index (χ4v) is 1.89. The molecule has 0 saturated carbocycles. The van der Waals surface area contributed by atoms with E-state index in [9.17, 15) is 4.79 Å². The zero-order chi connectivity index (χ0) is 14.7. The molecule has 1 heterocycles. The fraction of sp³-hybridized carbons (Fsp3) is 0.214. The maximum Gasteiger partial charge on any atom is 0.269 e. The van der Waals surface area contributed by atoms with Crippen molar-refractivity contribution in [2.75, 3.05) is 17.7 Å². The molecule has 1 aromatic carbocycles. The van der Waals surface area contributed by atoms with Gasteiger partial charge in [0.25, 0.3) is 5.91 Å². The third-order valence-electron chi connectivity index (χ3n) is 3.24. The number of carbonyl (C=O) groups excluding carboxylic acids is 1. The van der Waals surface area contributed by atoms with Gasteiger partial charge < -0.3 is 16.4 Å². The van der Waals surface area contributed by atoms with Crippen molar-refractivity contribution in [2.24, 2.45) is 5.73 Å². The first-order chi connectivity index (χ1) is 9.49. The highest BCUT2D eigenvalue weighted by Crippen LogP contribution is 2.24. The summed E-state index contributed by atoms with van der Waals surface area (Å²) in [6, 6.07) is 11.0. The van der Waals surface area contributed by atoms with Gasteiger partial charge in [0.1, 0.15) is 0 Å². The van der Waals surface area contributed by atoms with Crippen LogP contribution >= 0.6 is 0 Å². The molecule has 0 spiro atoms. The summed E-state index contributed by atoms with van der Waals surface area (Å²) in [7, 11) is 1.90. The number of aromatic nitrogens is 2. The summed E-state index contributed by atoms with van der Waals surface area (Å²) in [6.45, 7) is 2.04. The van der Waals surface area contributed by atoms with Crippen molar-refractivity contribution >= 4 is 17.4 Å². The van der Waals surface area contributed by atoms with Crippen molar-refractivity contribution in [2.45, 2.75) is 13.0 Å². The molecule has 0 aliphatic carbocycles. The van der Waals surface area contributed by atoms with E-state index in [0.29, 0.717) is 5.82 Å². The Labute approximate surface area is 117 Å². The van der Waals surface area contributed by atoms with Crippen LogP contribution in [0.5, 0.6) is 0 Å². The monoisotopic (exact) mass is 271 g/mol. The summed E-state index contributed by atoms with van der Waals surface area (Å²) in [5.41, 5.74) is 12.9. The Bertz CT molecular complexity index is 611. The van der Waals surface area contributed by atoms with Crippen LogP contribution in [0, 0.1) is 0 Å². The minimum atomic E-state index is -0.587. The number of primary amides is 1. The lowest BCUT2D eigenvalue weighted by molar-refractivity contribution is 0.0994. The van der Waals surface area contributed by atoms with Crippen LogP contribution in [0.4, 0.5) is 11.5 Å². The van der Waals surface area contributed by atoms with Crippen molar-refractivity contribution in [3.8, 4) is 0 Å². The number of benzene rings is 1. The van der Waals surface area contributed by atoms with Gasteiger partial charge in [0, 0.05) is 12.7 Å². The lowest BCUT2D eigenvalue weighted by atomic mass is 10.1. The van der Waals surface area contributed by atoms with Crippen molar-refractivity contribution in [1.29, 1.82) is 0 Å². The molecule has 0 aliphatic rings. The van der Waals surface area contributed by atoms with Gasteiger partial charge >= 0.3 is 0 Å². The predicted octanol–water partition coefficient (Wildman–Crippen LogP) is 1.36. The summed E-state index contributed by atoms with van der Waals surface area (Å²) < 4.78 is 0. The van der Waals surface area contributed by atoms with Crippen molar-refractivity contribution in [3.05, 3.63) is 47.7 Å². The van der Waals surface area contributed by atoms with Gasteiger partial charge in [-0.15, -0.1) is 10.2 Å². The Morgan fingerprint density at radius 2 is 2.00 bits per heavy atom. The molecule has 1 aromatic heterocycles. The van der Waals surface area contributed by atoms with Crippen molar-refractivity contribution in [3.63, 3.8) is 0 Å². The fourth-order valence-electron chi connectivity index (χ4n) is 1.89. The summed E-state index contributed by atoms with van der Waals surface area (Å²) in [5.74, 6) is 0.0699. The largest absolute Gasteiger partial charge is 0.399 e. The van der Waals surface area contributed by atoms with Gasteiger partial charge in [0.05, 0.1) is 6.04 Å². The molecule has 0 bridgehead atoms. The third kappa shape index (κ3) is 2.85. The van der Waals surface area contributed by atoms with Crippen LogP contribution < -0.4 is 16.4 Å². The number of nitrogen functional groups attached to an aromatic ring is 1. The van der Waals surface area contributed by atoms with E-state index in [0.717, 1.165) is 11.3 Å². The maximum atomic E-state index is 11.0. The number of amides is 1. The van der Waals surface area contributed by atoms with Gasteiger partial charge in [0.2, 0.25) is 0 Å². The number of nitrogens with two attached hydrogens (primary N) is 2. The first-order valence-electron chi connectivity index (χ1n) is 6.21. The number of nitrogens with zero attached hydrogens (tertiary/aromatic N) is 3. The van der Waals surface area contributed by atoms with E-state index in [1.165, 1.54) is 0 Å². The predicted molar refractivity (Wildman–Crippen MR) is 78.2 cm³/mol. The molecule has 1 amide bonds. The average Bonchev–Trinajstić information content (AvgIpc) is 2.46. The maximum absolute atomic E-state index is 11.0. The molecule has 1 atom stereocenters. The smallest absolute Gasteiger partial charge is 0.269 e. The van der Waals surface area contributed by atoms with E-state index in [2.05, 4.69) is 10.2 Å². The quantitative estimate of drug-likeness (QED) is 0.818. The molecule has 1 unspecified atom stereocenters. The van der Waals surface area contributed by atoms with E-state index in [1.807, 2.05) is 43.1 Å². The number of rotatable bonds is 4. The molecular formula is C14H17N5O. The topological polar surface area (TPSA) is 98.1 Å². The molecule has 0 radical (unpaired) electrons. The summed E-state index contributed by atoms with van der Waals surface area (Å²) in [6.07, 6.45) is 0. The minimum absolute atomic E-state index is 0.0761. The van der Waals surface area contributed by atoms with E-state index < -0.39 is 5.91 Å². The highest BCUT2D eigenvalue weighted by molar-refractivity contribution is 5.90. The molecule has 20 heavy (non-hydrogen) atoms. The van der Waals surface area contributed by atoms with Crippen LogP contribution in [-0.4, -0.2) is 23.2 Å².